The number of aryl methyl sites for hydroxylation is 1. The Labute approximate surface area is 127 Å². The van der Waals surface area contributed by atoms with Crippen molar-refractivity contribution in [2.24, 2.45) is 18.4 Å². The van der Waals surface area contributed by atoms with E-state index in [0.29, 0.717) is 11.5 Å². The number of hydrogen-bond donors (Lipinski definition) is 1. The molecule has 114 valence electrons. The number of likely N-dealkylation sites (N-methyl/N-ethyl adjacent to an activating group) is 1. The lowest BCUT2D eigenvalue weighted by Crippen LogP contribution is -2.41. The number of aromatic nitrogens is 2. The molecule has 3 heteroatoms. The Balaban J connectivity index is 1.87. The fourth-order valence-corrected chi connectivity index (χ4v) is 4.12. The van der Waals surface area contributed by atoms with E-state index in [9.17, 15) is 0 Å². The first-order valence-electron chi connectivity index (χ1n) is 8.10. The van der Waals surface area contributed by atoms with Crippen LogP contribution in [-0.2, 0) is 13.5 Å². The van der Waals surface area contributed by atoms with E-state index in [0.717, 1.165) is 17.9 Å². The minimum absolute atomic E-state index is 0.443. The van der Waals surface area contributed by atoms with Gasteiger partial charge < -0.3 is 9.88 Å². The van der Waals surface area contributed by atoms with Gasteiger partial charge in [-0.3, -0.25) is 0 Å². The zero-order valence-corrected chi connectivity index (χ0v) is 13.7. The maximum absolute atomic E-state index is 4.84. The maximum Gasteiger partial charge on any atom is 0.111 e. The Morgan fingerprint density at radius 2 is 2.14 bits per heavy atom. The van der Waals surface area contributed by atoms with Crippen LogP contribution in [-0.4, -0.2) is 22.6 Å². The summed E-state index contributed by atoms with van der Waals surface area (Å²) in [6.45, 7) is 4.84. The van der Waals surface area contributed by atoms with Gasteiger partial charge in [-0.05, 0) is 43.4 Å². The van der Waals surface area contributed by atoms with E-state index < -0.39 is 0 Å². The molecule has 0 aliphatic heterocycles. The van der Waals surface area contributed by atoms with E-state index in [-0.39, 0.29) is 0 Å². The second kappa shape index (κ2) is 5.45. The molecule has 0 spiro atoms. The Kier molecular flexibility index (Phi) is 3.78. The van der Waals surface area contributed by atoms with Crippen LogP contribution in [0.3, 0.4) is 0 Å². The summed E-state index contributed by atoms with van der Waals surface area (Å²) in [5.74, 6) is 1.93. The second-order valence-electron chi connectivity index (χ2n) is 7.16. The molecular weight excluding hydrogens is 258 g/mol. The quantitative estimate of drug-likeness (QED) is 0.931. The van der Waals surface area contributed by atoms with Crippen LogP contribution in [0.25, 0.3) is 11.0 Å². The molecule has 1 heterocycles. The van der Waals surface area contributed by atoms with Gasteiger partial charge in [-0.25, -0.2) is 4.98 Å². The number of imidazole rings is 1. The highest BCUT2D eigenvalue weighted by Crippen LogP contribution is 2.44. The van der Waals surface area contributed by atoms with Crippen LogP contribution in [0.4, 0.5) is 0 Å². The van der Waals surface area contributed by atoms with Gasteiger partial charge >= 0.3 is 0 Å². The summed E-state index contributed by atoms with van der Waals surface area (Å²) in [6, 6.07) is 8.92. The number of benzene rings is 1. The molecule has 2 aromatic rings. The van der Waals surface area contributed by atoms with E-state index in [1.54, 1.807) is 0 Å². The minimum Gasteiger partial charge on any atom is -0.331 e. The zero-order chi connectivity index (χ0) is 15.0. The number of fused-ring (bicyclic) bond motifs is 1. The molecular formula is C18H27N3. The molecule has 0 bridgehead atoms. The van der Waals surface area contributed by atoms with E-state index in [4.69, 9.17) is 4.98 Å². The van der Waals surface area contributed by atoms with Gasteiger partial charge in [-0.15, -0.1) is 0 Å². The van der Waals surface area contributed by atoms with Crippen molar-refractivity contribution in [3.8, 4) is 0 Å². The minimum atomic E-state index is 0.443. The van der Waals surface area contributed by atoms with Crippen LogP contribution < -0.4 is 5.32 Å². The molecule has 0 radical (unpaired) electrons. The average molecular weight is 285 g/mol. The zero-order valence-electron chi connectivity index (χ0n) is 13.7. The Bertz CT molecular complexity index is 626. The van der Waals surface area contributed by atoms with Crippen molar-refractivity contribution in [2.45, 2.75) is 45.6 Å². The molecule has 1 aliphatic rings. The molecule has 2 atom stereocenters. The first-order valence-corrected chi connectivity index (χ1v) is 8.10. The molecule has 0 amide bonds. The first kappa shape index (κ1) is 14.6. The van der Waals surface area contributed by atoms with Gasteiger partial charge in [0.2, 0.25) is 0 Å². The van der Waals surface area contributed by atoms with Gasteiger partial charge in [0.1, 0.15) is 5.82 Å². The van der Waals surface area contributed by atoms with Gasteiger partial charge in [0.05, 0.1) is 11.0 Å². The van der Waals surface area contributed by atoms with E-state index in [1.807, 2.05) is 0 Å². The number of nitrogens with one attached hydrogen (secondary N) is 1. The molecule has 2 unspecified atom stereocenters. The summed E-state index contributed by atoms with van der Waals surface area (Å²) in [4.78, 5) is 4.84. The summed E-state index contributed by atoms with van der Waals surface area (Å²) in [5.41, 5.74) is 2.78. The van der Waals surface area contributed by atoms with Crippen molar-refractivity contribution in [3.63, 3.8) is 0 Å². The van der Waals surface area contributed by atoms with Crippen LogP contribution in [0.5, 0.6) is 0 Å². The normalized spacial score (nSPS) is 22.8. The lowest BCUT2D eigenvalue weighted by atomic mass is 9.76. The van der Waals surface area contributed by atoms with Gasteiger partial charge in [0.15, 0.2) is 0 Å². The molecule has 1 N–H and O–H groups in total. The molecule has 1 saturated carbocycles. The summed E-state index contributed by atoms with van der Waals surface area (Å²) in [5, 5.41) is 3.57. The fourth-order valence-electron chi connectivity index (χ4n) is 4.12. The van der Waals surface area contributed by atoms with Crippen LogP contribution >= 0.6 is 0 Å². The van der Waals surface area contributed by atoms with Crippen molar-refractivity contribution in [1.82, 2.24) is 14.9 Å². The van der Waals surface area contributed by atoms with Crippen LogP contribution in [0.1, 0.15) is 38.9 Å². The third kappa shape index (κ3) is 2.59. The van der Waals surface area contributed by atoms with Crippen LogP contribution in [0, 0.1) is 11.3 Å². The van der Waals surface area contributed by atoms with E-state index >= 15 is 0 Å². The number of rotatable bonds is 4. The smallest absolute Gasteiger partial charge is 0.111 e. The summed E-state index contributed by atoms with van der Waals surface area (Å²) < 4.78 is 2.25. The van der Waals surface area contributed by atoms with Gasteiger partial charge in [-0.1, -0.05) is 32.4 Å². The maximum atomic E-state index is 4.84. The number of nitrogens with zero attached hydrogens (tertiary/aromatic N) is 2. The lowest BCUT2D eigenvalue weighted by Gasteiger charge is -2.34. The summed E-state index contributed by atoms with van der Waals surface area (Å²) >= 11 is 0. The molecule has 1 aliphatic carbocycles. The monoisotopic (exact) mass is 285 g/mol. The second-order valence-corrected chi connectivity index (χ2v) is 7.16. The first-order chi connectivity index (χ1) is 10.0. The topological polar surface area (TPSA) is 29.9 Å². The number of hydrogen-bond acceptors (Lipinski definition) is 2. The highest BCUT2D eigenvalue weighted by Gasteiger charge is 2.39. The lowest BCUT2D eigenvalue weighted by molar-refractivity contribution is 0.199. The van der Waals surface area contributed by atoms with Gasteiger partial charge in [0.25, 0.3) is 0 Å². The van der Waals surface area contributed by atoms with Crippen LogP contribution in [0.2, 0.25) is 0 Å². The third-order valence-electron chi connectivity index (χ3n) is 5.48. The van der Waals surface area contributed by atoms with Crippen molar-refractivity contribution in [3.05, 3.63) is 30.1 Å². The molecule has 21 heavy (non-hydrogen) atoms. The third-order valence-corrected chi connectivity index (χ3v) is 5.48. The van der Waals surface area contributed by atoms with Gasteiger partial charge in [0, 0.05) is 19.5 Å². The van der Waals surface area contributed by atoms with Crippen molar-refractivity contribution in [1.29, 1.82) is 0 Å². The standard InChI is InChI=1S/C18H27N3/c1-18(2)11-7-8-13(18)15(19-3)12-17-20-14-9-5-6-10-16(14)21(17)4/h5-6,9-10,13,15,19H,7-8,11-12H2,1-4H3. The average Bonchev–Trinajstić information content (AvgIpc) is 2.97. The molecule has 3 rings (SSSR count). The largest absolute Gasteiger partial charge is 0.331 e. The van der Waals surface area contributed by atoms with E-state index in [1.165, 1.54) is 30.6 Å². The predicted molar refractivity (Wildman–Crippen MR) is 88.4 cm³/mol. The summed E-state index contributed by atoms with van der Waals surface area (Å²) in [6.07, 6.45) is 5.05. The Hall–Kier alpha value is -1.35. The van der Waals surface area contributed by atoms with E-state index in [2.05, 4.69) is 62.1 Å². The Morgan fingerprint density at radius 3 is 2.76 bits per heavy atom. The summed E-state index contributed by atoms with van der Waals surface area (Å²) in [7, 11) is 4.24. The van der Waals surface area contributed by atoms with Crippen molar-refractivity contribution in [2.75, 3.05) is 7.05 Å². The SMILES string of the molecule is CNC(Cc1nc2ccccc2n1C)C1CCCC1(C)C. The molecule has 3 nitrogen and oxygen atoms in total. The Morgan fingerprint density at radius 1 is 1.38 bits per heavy atom. The molecule has 1 aromatic carbocycles. The predicted octanol–water partition coefficient (Wildman–Crippen LogP) is 3.53. The van der Waals surface area contributed by atoms with Crippen molar-refractivity contribution < 1.29 is 0 Å². The highest BCUT2D eigenvalue weighted by atomic mass is 15.1. The van der Waals surface area contributed by atoms with Crippen LogP contribution in [0.15, 0.2) is 24.3 Å². The molecule has 0 saturated heterocycles. The molecule has 1 fully saturated rings. The van der Waals surface area contributed by atoms with Gasteiger partial charge in [-0.2, -0.15) is 0 Å². The van der Waals surface area contributed by atoms with Crippen molar-refractivity contribution >= 4 is 11.0 Å². The number of para-hydroxylation sites is 2. The highest BCUT2D eigenvalue weighted by molar-refractivity contribution is 5.75. The molecule has 1 aromatic heterocycles. The fraction of sp³-hybridized carbons (Fsp3) is 0.611.